The number of nitrogens with two attached hydrogens (primary N) is 1. The summed E-state index contributed by atoms with van der Waals surface area (Å²) in [6, 6.07) is 10.6. The Labute approximate surface area is 148 Å². The number of benzene rings is 2. The number of hydrogen-bond acceptors (Lipinski definition) is 4. The zero-order valence-electron chi connectivity index (χ0n) is 12.9. The lowest BCUT2D eigenvalue weighted by Gasteiger charge is -2.15. The van der Waals surface area contributed by atoms with Gasteiger partial charge < -0.3 is 10.4 Å². The fourth-order valence-corrected chi connectivity index (χ4v) is 3.11. The van der Waals surface area contributed by atoms with Crippen molar-refractivity contribution in [3.63, 3.8) is 0 Å². The molecule has 0 bridgehead atoms. The van der Waals surface area contributed by atoms with Gasteiger partial charge in [0.1, 0.15) is 5.75 Å². The van der Waals surface area contributed by atoms with Crippen molar-refractivity contribution in [2.75, 3.05) is 0 Å². The Balaban J connectivity index is 2.09. The molecular weight excluding hydrogens is 396 g/mol. The minimum atomic E-state index is -3.80. The van der Waals surface area contributed by atoms with Crippen LogP contribution in [-0.4, -0.2) is 19.4 Å². The number of carbonyl (C=O) groups excluding carboxylic acids is 1. The number of carbonyl (C=O) groups is 1. The average Bonchev–Trinajstić information content (AvgIpc) is 2.49. The third-order valence-electron chi connectivity index (χ3n) is 3.46. The molecule has 0 aliphatic rings. The third-order valence-corrected chi connectivity index (χ3v) is 4.87. The van der Waals surface area contributed by atoms with Crippen molar-refractivity contribution in [3.8, 4) is 5.75 Å². The van der Waals surface area contributed by atoms with Crippen molar-refractivity contribution >= 4 is 31.9 Å². The number of nitrogens with one attached hydrogen (secondary N) is 1. The van der Waals surface area contributed by atoms with Gasteiger partial charge in [0.05, 0.1) is 17.4 Å². The predicted molar refractivity (Wildman–Crippen MR) is 93.9 cm³/mol. The predicted octanol–water partition coefficient (Wildman–Crippen LogP) is 2.22. The maximum Gasteiger partial charge on any atom is 0.238 e. The van der Waals surface area contributed by atoms with Crippen LogP contribution in [0.1, 0.15) is 24.1 Å². The number of rotatable bonds is 5. The highest BCUT2D eigenvalue weighted by Crippen LogP contribution is 2.23. The third kappa shape index (κ3) is 4.80. The number of aromatic hydroxyl groups is 1. The van der Waals surface area contributed by atoms with Gasteiger partial charge in [0.15, 0.2) is 0 Å². The molecule has 0 saturated heterocycles. The van der Waals surface area contributed by atoms with Crippen LogP contribution in [0.5, 0.6) is 5.75 Å². The number of hydrogen-bond donors (Lipinski definition) is 3. The van der Waals surface area contributed by atoms with Crippen LogP contribution in [0, 0.1) is 0 Å². The summed E-state index contributed by atoms with van der Waals surface area (Å²) in [4.78, 5) is 12.1. The van der Waals surface area contributed by atoms with Crippen molar-refractivity contribution in [2.45, 2.75) is 24.3 Å². The Hall–Kier alpha value is -1.90. The summed E-state index contributed by atoms with van der Waals surface area (Å²) in [6.45, 7) is 1.74. The van der Waals surface area contributed by atoms with E-state index < -0.39 is 16.1 Å². The highest BCUT2D eigenvalue weighted by molar-refractivity contribution is 9.10. The van der Waals surface area contributed by atoms with Crippen LogP contribution >= 0.6 is 15.9 Å². The SMILES string of the molecule is CC(NC(=O)Cc1ccc(Br)cc1O)c1cccc(S(N)(=O)=O)c1. The van der Waals surface area contributed by atoms with E-state index in [1.54, 1.807) is 31.2 Å². The minimum absolute atomic E-state index is 0.00773. The van der Waals surface area contributed by atoms with E-state index in [1.165, 1.54) is 18.2 Å². The summed E-state index contributed by atoms with van der Waals surface area (Å²) in [5.41, 5.74) is 1.12. The summed E-state index contributed by atoms with van der Waals surface area (Å²) in [6.07, 6.45) is 0.0122. The molecule has 4 N–H and O–H groups in total. The maximum absolute atomic E-state index is 12.1. The second-order valence-electron chi connectivity index (χ2n) is 5.36. The fraction of sp³-hybridized carbons (Fsp3) is 0.188. The zero-order chi connectivity index (χ0) is 17.9. The molecule has 2 rings (SSSR count). The number of amides is 1. The Morgan fingerprint density at radius 3 is 2.62 bits per heavy atom. The summed E-state index contributed by atoms with van der Waals surface area (Å²) in [5, 5.41) is 17.7. The number of primary sulfonamides is 1. The van der Waals surface area contributed by atoms with Crippen LogP contribution in [0.2, 0.25) is 0 Å². The van der Waals surface area contributed by atoms with Crippen LogP contribution in [-0.2, 0) is 21.2 Å². The van der Waals surface area contributed by atoms with Gasteiger partial charge in [-0.25, -0.2) is 13.6 Å². The van der Waals surface area contributed by atoms with Crippen LogP contribution in [0.3, 0.4) is 0 Å². The maximum atomic E-state index is 12.1. The van der Waals surface area contributed by atoms with E-state index in [-0.39, 0.29) is 23.0 Å². The van der Waals surface area contributed by atoms with Gasteiger partial charge in [-0.1, -0.05) is 34.1 Å². The summed E-state index contributed by atoms with van der Waals surface area (Å²) in [5.74, 6) is -0.260. The molecule has 2 aromatic rings. The van der Waals surface area contributed by atoms with Gasteiger partial charge >= 0.3 is 0 Å². The molecule has 1 unspecified atom stereocenters. The van der Waals surface area contributed by atoms with Crippen molar-refractivity contribution in [3.05, 3.63) is 58.1 Å². The lowest BCUT2D eigenvalue weighted by atomic mass is 10.1. The van der Waals surface area contributed by atoms with E-state index in [0.29, 0.717) is 11.1 Å². The second kappa shape index (κ2) is 7.33. The quantitative estimate of drug-likeness (QED) is 0.698. The number of phenolic OH excluding ortho intramolecular Hbond substituents is 1. The molecule has 2 aromatic carbocycles. The van der Waals surface area contributed by atoms with Crippen molar-refractivity contribution in [1.82, 2.24) is 5.32 Å². The number of halogens is 1. The first-order valence-corrected chi connectivity index (χ1v) is 9.40. The number of sulfonamides is 1. The topological polar surface area (TPSA) is 109 Å². The smallest absolute Gasteiger partial charge is 0.238 e. The molecule has 0 fully saturated rings. The molecule has 0 spiro atoms. The molecule has 0 radical (unpaired) electrons. The molecule has 0 heterocycles. The van der Waals surface area contributed by atoms with Crippen LogP contribution in [0.15, 0.2) is 51.8 Å². The van der Waals surface area contributed by atoms with Gasteiger partial charge in [-0.3, -0.25) is 4.79 Å². The normalized spacial score (nSPS) is 12.6. The molecular formula is C16H17BrN2O4S. The first-order valence-electron chi connectivity index (χ1n) is 7.06. The monoisotopic (exact) mass is 412 g/mol. The molecule has 1 atom stereocenters. The van der Waals surface area contributed by atoms with Crippen molar-refractivity contribution in [2.24, 2.45) is 5.14 Å². The fourth-order valence-electron chi connectivity index (χ4n) is 2.20. The molecule has 0 aliphatic carbocycles. The van der Waals surface area contributed by atoms with E-state index in [2.05, 4.69) is 21.2 Å². The van der Waals surface area contributed by atoms with E-state index in [9.17, 15) is 18.3 Å². The van der Waals surface area contributed by atoms with Gasteiger partial charge in [0.2, 0.25) is 15.9 Å². The summed E-state index contributed by atoms with van der Waals surface area (Å²) >= 11 is 3.24. The molecule has 1 amide bonds. The highest BCUT2D eigenvalue weighted by atomic mass is 79.9. The number of phenols is 1. The van der Waals surface area contributed by atoms with Gasteiger partial charge in [-0.05, 0) is 36.8 Å². The second-order valence-corrected chi connectivity index (χ2v) is 7.83. The van der Waals surface area contributed by atoms with Crippen LogP contribution in [0.4, 0.5) is 0 Å². The standard InChI is InChI=1S/C16H17BrN2O4S/c1-10(11-3-2-4-14(7-11)24(18,22)23)19-16(21)8-12-5-6-13(17)9-15(12)20/h2-7,9-10,20H,8H2,1H3,(H,19,21)(H2,18,22,23). The summed E-state index contributed by atoms with van der Waals surface area (Å²) in [7, 11) is -3.80. The van der Waals surface area contributed by atoms with E-state index >= 15 is 0 Å². The van der Waals surface area contributed by atoms with Gasteiger partial charge in [-0.15, -0.1) is 0 Å². The first-order chi connectivity index (χ1) is 11.2. The van der Waals surface area contributed by atoms with Crippen molar-refractivity contribution < 1.29 is 18.3 Å². The Morgan fingerprint density at radius 1 is 1.29 bits per heavy atom. The Kier molecular flexibility index (Phi) is 5.63. The van der Waals surface area contributed by atoms with Gasteiger partial charge in [0.25, 0.3) is 0 Å². The lowest BCUT2D eigenvalue weighted by molar-refractivity contribution is -0.121. The largest absolute Gasteiger partial charge is 0.508 e. The van der Waals surface area contributed by atoms with Crippen molar-refractivity contribution in [1.29, 1.82) is 0 Å². The molecule has 0 aromatic heterocycles. The molecule has 0 saturated carbocycles. The lowest BCUT2D eigenvalue weighted by Crippen LogP contribution is -2.28. The molecule has 0 aliphatic heterocycles. The Morgan fingerprint density at radius 2 is 2.00 bits per heavy atom. The molecule has 8 heteroatoms. The summed E-state index contributed by atoms with van der Waals surface area (Å²) < 4.78 is 23.5. The molecule has 128 valence electrons. The molecule has 6 nitrogen and oxygen atoms in total. The van der Waals surface area contributed by atoms with E-state index in [1.807, 2.05) is 0 Å². The van der Waals surface area contributed by atoms with E-state index in [0.717, 1.165) is 4.47 Å². The van der Waals surface area contributed by atoms with Gasteiger partial charge in [0, 0.05) is 10.0 Å². The molecule has 24 heavy (non-hydrogen) atoms. The average molecular weight is 413 g/mol. The zero-order valence-corrected chi connectivity index (χ0v) is 15.3. The first kappa shape index (κ1) is 18.4. The van der Waals surface area contributed by atoms with Gasteiger partial charge in [-0.2, -0.15) is 0 Å². The highest BCUT2D eigenvalue weighted by Gasteiger charge is 2.15. The Bertz CT molecular complexity index is 868. The minimum Gasteiger partial charge on any atom is -0.508 e. The van der Waals surface area contributed by atoms with Crippen LogP contribution in [0.25, 0.3) is 0 Å². The van der Waals surface area contributed by atoms with E-state index in [4.69, 9.17) is 5.14 Å². The van der Waals surface area contributed by atoms with Crippen LogP contribution < -0.4 is 10.5 Å².